The van der Waals surface area contributed by atoms with Crippen LogP contribution in [0.1, 0.15) is 66.2 Å². The fraction of sp³-hybridized carbons (Fsp3) is 1.00. The standard InChI is InChI=1S/C16H34N2/c1-5-6-7-10-18(13(2)3)12-15-11-14(4)8-9-16(15)17/h13-16H,5-12,17H2,1-4H3. The van der Waals surface area contributed by atoms with Crippen molar-refractivity contribution in [3.8, 4) is 0 Å². The summed E-state index contributed by atoms with van der Waals surface area (Å²) in [6.07, 6.45) is 7.90. The number of hydrogen-bond donors (Lipinski definition) is 1. The van der Waals surface area contributed by atoms with E-state index < -0.39 is 0 Å². The lowest BCUT2D eigenvalue weighted by Gasteiger charge is -2.37. The smallest absolute Gasteiger partial charge is 0.00795 e. The van der Waals surface area contributed by atoms with Crippen LogP contribution in [0.5, 0.6) is 0 Å². The van der Waals surface area contributed by atoms with Crippen LogP contribution in [0.3, 0.4) is 0 Å². The average Bonchev–Trinajstić information content (AvgIpc) is 2.32. The summed E-state index contributed by atoms with van der Waals surface area (Å²) in [5.41, 5.74) is 6.32. The van der Waals surface area contributed by atoms with E-state index >= 15 is 0 Å². The summed E-state index contributed by atoms with van der Waals surface area (Å²) < 4.78 is 0. The van der Waals surface area contributed by atoms with Crippen LogP contribution in [-0.4, -0.2) is 30.1 Å². The topological polar surface area (TPSA) is 29.3 Å². The van der Waals surface area contributed by atoms with Gasteiger partial charge in [-0.1, -0.05) is 26.7 Å². The van der Waals surface area contributed by atoms with E-state index in [1.165, 1.54) is 51.6 Å². The first-order chi connectivity index (χ1) is 8.54. The molecule has 2 heteroatoms. The van der Waals surface area contributed by atoms with Crippen molar-refractivity contribution in [3.63, 3.8) is 0 Å². The van der Waals surface area contributed by atoms with E-state index in [4.69, 9.17) is 5.73 Å². The Labute approximate surface area is 114 Å². The summed E-state index contributed by atoms with van der Waals surface area (Å²) in [4.78, 5) is 2.65. The van der Waals surface area contributed by atoms with Crippen LogP contribution < -0.4 is 5.73 Å². The van der Waals surface area contributed by atoms with Crippen molar-refractivity contribution >= 4 is 0 Å². The summed E-state index contributed by atoms with van der Waals surface area (Å²) in [6, 6.07) is 1.10. The number of rotatable bonds is 7. The molecule has 18 heavy (non-hydrogen) atoms. The van der Waals surface area contributed by atoms with Crippen LogP contribution in [0.25, 0.3) is 0 Å². The minimum absolute atomic E-state index is 0.439. The molecule has 1 rings (SSSR count). The summed E-state index contributed by atoms with van der Waals surface area (Å²) in [5, 5.41) is 0. The molecular formula is C16H34N2. The molecule has 0 radical (unpaired) electrons. The number of nitrogens with zero attached hydrogens (tertiary/aromatic N) is 1. The second-order valence-electron chi connectivity index (χ2n) is 6.64. The maximum absolute atomic E-state index is 6.32. The molecule has 2 nitrogen and oxygen atoms in total. The lowest BCUT2D eigenvalue weighted by atomic mass is 9.79. The van der Waals surface area contributed by atoms with E-state index in [1.54, 1.807) is 0 Å². The molecule has 1 saturated carbocycles. The van der Waals surface area contributed by atoms with E-state index in [-0.39, 0.29) is 0 Å². The Kier molecular flexibility index (Phi) is 7.25. The molecule has 108 valence electrons. The van der Waals surface area contributed by atoms with Crippen LogP contribution in [-0.2, 0) is 0 Å². The summed E-state index contributed by atoms with van der Waals surface area (Å²) in [5.74, 6) is 1.59. The van der Waals surface area contributed by atoms with Gasteiger partial charge in [0.05, 0.1) is 0 Å². The monoisotopic (exact) mass is 254 g/mol. The first kappa shape index (κ1) is 16.0. The average molecular weight is 254 g/mol. The SMILES string of the molecule is CCCCCN(CC1CC(C)CCC1N)C(C)C. The molecule has 1 aliphatic rings. The van der Waals surface area contributed by atoms with Crippen molar-refractivity contribution in [2.24, 2.45) is 17.6 Å². The Morgan fingerprint density at radius 2 is 1.94 bits per heavy atom. The maximum atomic E-state index is 6.32. The second-order valence-corrected chi connectivity index (χ2v) is 6.64. The normalized spacial score (nSPS) is 29.2. The van der Waals surface area contributed by atoms with Gasteiger partial charge in [-0.25, -0.2) is 0 Å². The highest BCUT2D eigenvalue weighted by molar-refractivity contribution is 4.84. The Bertz CT molecular complexity index is 215. The first-order valence-electron chi connectivity index (χ1n) is 8.04. The molecule has 2 N–H and O–H groups in total. The quantitative estimate of drug-likeness (QED) is 0.703. The van der Waals surface area contributed by atoms with Crippen molar-refractivity contribution in [2.75, 3.05) is 13.1 Å². The summed E-state index contributed by atoms with van der Waals surface area (Å²) in [6.45, 7) is 11.8. The zero-order chi connectivity index (χ0) is 13.5. The predicted octanol–water partition coefficient (Wildman–Crippen LogP) is 3.65. The Morgan fingerprint density at radius 1 is 1.22 bits per heavy atom. The van der Waals surface area contributed by atoms with Gasteiger partial charge in [0.1, 0.15) is 0 Å². The minimum Gasteiger partial charge on any atom is -0.327 e. The highest BCUT2D eigenvalue weighted by atomic mass is 15.1. The van der Waals surface area contributed by atoms with Crippen LogP contribution >= 0.6 is 0 Å². The second kappa shape index (κ2) is 8.16. The third-order valence-electron chi connectivity index (χ3n) is 4.55. The highest BCUT2D eigenvalue weighted by Crippen LogP contribution is 2.29. The van der Waals surface area contributed by atoms with Crippen molar-refractivity contribution < 1.29 is 0 Å². The molecule has 0 saturated heterocycles. The Hall–Kier alpha value is -0.0800. The van der Waals surface area contributed by atoms with Crippen LogP contribution in [0, 0.1) is 11.8 Å². The zero-order valence-corrected chi connectivity index (χ0v) is 13.0. The third-order valence-corrected chi connectivity index (χ3v) is 4.55. The summed E-state index contributed by atoms with van der Waals surface area (Å²) >= 11 is 0. The van der Waals surface area contributed by atoms with Crippen molar-refractivity contribution in [1.29, 1.82) is 0 Å². The van der Waals surface area contributed by atoms with Gasteiger partial charge >= 0.3 is 0 Å². The van der Waals surface area contributed by atoms with E-state index in [0.29, 0.717) is 12.1 Å². The fourth-order valence-corrected chi connectivity index (χ4v) is 3.16. The molecule has 0 aromatic carbocycles. The molecule has 3 atom stereocenters. The zero-order valence-electron chi connectivity index (χ0n) is 13.0. The molecule has 0 aliphatic heterocycles. The lowest BCUT2D eigenvalue weighted by Crippen LogP contribution is -2.45. The molecule has 0 heterocycles. The van der Waals surface area contributed by atoms with Gasteiger partial charge in [-0.2, -0.15) is 0 Å². The maximum Gasteiger partial charge on any atom is 0.00795 e. The molecule has 0 aromatic rings. The predicted molar refractivity (Wildman–Crippen MR) is 80.7 cm³/mol. The van der Waals surface area contributed by atoms with Gasteiger partial charge in [-0.05, 0) is 57.9 Å². The van der Waals surface area contributed by atoms with Crippen molar-refractivity contribution in [3.05, 3.63) is 0 Å². The first-order valence-corrected chi connectivity index (χ1v) is 8.04. The Morgan fingerprint density at radius 3 is 2.56 bits per heavy atom. The van der Waals surface area contributed by atoms with E-state index in [9.17, 15) is 0 Å². The van der Waals surface area contributed by atoms with Gasteiger partial charge in [-0.3, -0.25) is 0 Å². The highest BCUT2D eigenvalue weighted by Gasteiger charge is 2.28. The number of nitrogens with two attached hydrogens (primary N) is 1. The van der Waals surface area contributed by atoms with E-state index in [0.717, 1.165) is 11.8 Å². The molecule has 1 fully saturated rings. The van der Waals surface area contributed by atoms with Crippen LogP contribution in [0.4, 0.5) is 0 Å². The summed E-state index contributed by atoms with van der Waals surface area (Å²) in [7, 11) is 0. The Balaban J connectivity index is 2.43. The van der Waals surface area contributed by atoms with Gasteiger partial charge in [0.2, 0.25) is 0 Å². The van der Waals surface area contributed by atoms with Gasteiger partial charge in [0, 0.05) is 18.6 Å². The van der Waals surface area contributed by atoms with Gasteiger partial charge in [0.15, 0.2) is 0 Å². The minimum atomic E-state index is 0.439. The largest absolute Gasteiger partial charge is 0.327 e. The third kappa shape index (κ3) is 5.27. The lowest BCUT2D eigenvalue weighted by molar-refractivity contribution is 0.135. The molecular weight excluding hydrogens is 220 g/mol. The van der Waals surface area contributed by atoms with E-state index in [2.05, 4.69) is 32.6 Å². The molecule has 0 bridgehead atoms. The molecule has 0 amide bonds. The van der Waals surface area contributed by atoms with Gasteiger partial charge in [0.25, 0.3) is 0 Å². The van der Waals surface area contributed by atoms with Crippen LogP contribution in [0.2, 0.25) is 0 Å². The van der Waals surface area contributed by atoms with Gasteiger partial charge in [-0.15, -0.1) is 0 Å². The number of unbranched alkanes of at least 4 members (excludes halogenated alkanes) is 2. The number of hydrogen-bond acceptors (Lipinski definition) is 2. The molecule has 0 aromatic heterocycles. The van der Waals surface area contributed by atoms with Crippen molar-refractivity contribution in [2.45, 2.75) is 78.3 Å². The van der Waals surface area contributed by atoms with E-state index in [1.807, 2.05) is 0 Å². The van der Waals surface area contributed by atoms with Gasteiger partial charge < -0.3 is 10.6 Å². The molecule has 1 aliphatic carbocycles. The van der Waals surface area contributed by atoms with Crippen molar-refractivity contribution in [1.82, 2.24) is 4.90 Å². The molecule has 3 unspecified atom stereocenters. The van der Waals surface area contributed by atoms with Crippen LogP contribution in [0.15, 0.2) is 0 Å². The molecule has 0 spiro atoms. The fourth-order valence-electron chi connectivity index (χ4n) is 3.16.